The quantitative estimate of drug-likeness (QED) is 0.577. The molecule has 0 bridgehead atoms. The van der Waals surface area contributed by atoms with Gasteiger partial charge in [0.1, 0.15) is 0 Å². The Kier molecular flexibility index (Phi) is 30.0. The molecule has 0 aromatic carbocycles. The first-order chi connectivity index (χ1) is 8.50. The summed E-state index contributed by atoms with van der Waals surface area (Å²) < 4.78 is 3.65. The zero-order valence-corrected chi connectivity index (χ0v) is 14.2. The van der Waals surface area contributed by atoms with Gasteiger partial charge in [0.2, 0.25) is 0 Å². The molecule has 0 saturated carbocycles. The third kappa shape index (κ3) is 43.8. The Morgan fingerprint density at radius 1 is 1.22 bits per heavy atom. The molecule has 1 aliphatic heterocycles. The van der Waals surface area contributed by atoms with Crippen LogP contribution in [0.2, 0.25) is 0 Å². The number of aliphatic hydroxyl groups is 1. The van der Waals surface area contributed by atoms with E-state index in [4.69, 9.17) is 39.9 Å². The fraction of sp³-hybridized carbons (Fsp3) is 0.909. The summed E-state index contributed by atoms with van der Waals surface area (Å²) >= 11 is 16.5. The number of ether oxygens (including phenoxy) is 1. The maximum atomic E-state index is 9.82. The lowest BCUT2D eigenvalue weighted by Crippen LogP contribution is -1.95. The summed E-state index contributed by atoms with van der Waals surface area (Å²) in [6.45, 7) is 3.65. The van der Waals surface area contributed by atoms with Gasteiger partial charge in [-0.25, -0.2) is 0 Å². The van der Waals surface area contributed by atoms with Gasteiger partial charge in [-0.3, -0.25) is 4.79 Å². The van der Waals surface area contributed by atoms with Crippen LogP contribution in [0.3, 0.4) is 0 Å². The molecule has 1 aliphatic rings. The minimum absolute atomic E-state index is 0.211. The lowest BCUT2D eigenvalue weighted by atomic mass is 10.3. The van der Waals surface area contributed by atoms with Crippen molar-refractivity contribution in [3.05, 3.63) is 0 Å². The smallest absolute Gasteiger partial charge is 0.302 e. The molecule has 7 heteroatoms. The summed E-state index contributed by atoms with van der Waals surface area (Å²) in [6.07, 6.45) is 4.41. The van der Waals surface area contributed by atoms with Gasteiger partial charge in [0.25, 0.3) is 0 Å². The molecule has 0 radical (unpaired) electrons. The fourth-order valence-electron chi connectivity index (χ4n) is 0.890. The highest BCUT2D eigenvalue weighted by Crippen LogP contribution is 2.14. The second-order valence-corrected chi connectivity index (χ2v) is 6.05. The number of carbonyl (C=O) groups excluding carboxylic acids is 1. The van der Waals surface area contributed by atoms with Crippen molar-refractivity contribution in [2.45, 2.75) is 37.4 Å². The zero-order valence-electron chi connectivity index (χ0n) is 11.1. The van der Waals surface area contributed by atoms with Gasteiger partial charge < -0.3 is 9.84 Å². The van der Waals surface area contributed by atoms with E-state index in [0.29, 0.717) is 6.61 Å². The number of thioether (sulfide) groups is 1. The number of rotatable bonds is 1. The van der Waals surface area contributed by atoms with E-state index in [1.807, 2.05) is 0 Å². The first-order valence-electron chi connectivity index (χ1n) is 5.58. The third-order valence-electron chi connectivity index (χ3n) is 1.42. The Hall–Kier alpha value is 0.650. The number of aliphatic hydroxyl groups excluding tert-OH is 1. The van der Waals surface area contributed by atoms with E-state index < -0.39 is 4.30 Å². The van der Waals surface area contributed by atoms with Crippen molar-refractivity contribution in [1.82, 2.24) is 0 Å². The largest absolute Gasteiger partial charge is 0.466 e. The van der Waals surface area contributed by atoms with E-state index in [0.717, 1.165) is 7.11 Å². The highest BCUT2D eigenvalue weighted by Gasteiger charge is 1.95. The molecular formula is C11H23Cl3O3S. The monoisotopic (exact) mass is 340 g/mol. The molecule has 0 aromatic heterocycles. The van der Waals surface area contributed by atoms with Gasteiger partial charge in [0.05, 0.1) is 6.61 Å². The molecular weight excluding hydrogens is 319 g/mol. The van der Waals surface area contributed by atoms with Gasteiger partial charge in [-0.1, -0.05) is 41.2 Å². The summed E-state index contributed by atoms with van der Waals surface area (Å²) in [5.74, 6) is 2.62. The van der Waals surface area contributed by atoms with Crippen molar-refractivity contribution < 1.29 is 14.6 Å². The molecule has 3 nitrogen and oxygen atoms in total. The average molecular weight is 342 g/mol. The lowest BCUT2D eigenvalue weighted by molar-refractivity contribution is -0.140. The molecule has 0 atom stereocenters. The topological polar surface area (TPSA) is 46.5 Å². The summed E-state index contributed by atoms with van der Waals surface area (Å²) in [7, 11) is 1.00. The maximum Gasteiger partial charge on any atom is 0.302 e. The number of alkyl halides is 3. The van der Waals surface area contributed by atoms with Crippen LogP contribution < -0.4 is 0 Å². The van der Waals surface area contributed by atoms with Gasteiger partial charge in [0, 0.05) is 14.0 Å². The van der Waals surface area contributed by atoms with E-state index >= 15 is 0 Å². The third-order valence-corrected chi connectivity index (χ3v) is 2.58. The number of hydrogen-bond donors (Lipinski definition) is 1. The zero-order chi connectivity index (χ0) is 14.8. The molecule has 112 valence electrons. The first kappa shape index (κ1) is 23.7. The fourth-order valence-corrected chi connectivity index (χ4v) is 1.91. The Balaban J connectivity index is -0.000000179. The van der Waals surface area contributed by atoms with Gasteiger partial charge >= 0.3 is 5.97 Å². The summed E-state index contributed by atoms with van der Waals surface area (Å²) in [4.78, 5) is 9.82. The number of halogens is 3. The minimum atomic E-state index is -0.750. The number of hydrogen-bond acceptors (Lipinski definition) is 4. The summed E-state index contributed by atoms with van der Waals surface area (Å²) in [5.41, 5.74) is 0. The Bertz CT molecular complexity index is 142. The first-order valence-corrected chi connectivity index (χ1v) is 8.05. The van der Waals surface area contributed by atoms with Crippen molar-refractivity contribution in [3.63, 3.8) is 0 Å². The lowest BCUT2D eigenvalue weighted by Gasteiger charge is -2.05. The molecule has 0 unspecified atom stereocenters. The van der Waals surface area contributed by atoms with Crippen LogP contribution in [0.15, 0.2) is 0 Å². The molecule has 0 aromatic rings. The molecule has 1 heterocycles. The highest BCUT2D eigenvalue weighted by molar-refractivity contribution is 7.99. The second kappa shape index (κ2) is 22.8. The number of carbonyl (C=O) groups is 1. The van der Waals surface area contributed by atoms with Gasteiger partial charge in [-0.2, -0.15) is 11.8 Å². The highest BCUT2D eigenvalue weighted by atomic mass is 35.6. The van der Waals surface area contributed by atoms with Crippen LogP contribution >= 0.6 is 46.6 Å². The SMILES string of the molecule is C1CCSCC1.CCOC(C)=O.CO.ClC(Cl)Cl. The van der Waals surface area contributed by atoms with Crippen molar-refractivity contribution in [1.29, 1.82) is 0 Å². The van der Waals surface area contributed by atoms with Crippen molar-refractivity contribution in [2.75, 3.05) is 25.2 Å². The van der Waals surface area contributed by atoms with Crippen LogP contribution in [0.4, 0.5) is 0 Å². The molecule has 1 N–H and O–H groups in total. The molecule has 18 heavy (non-hydrogen) atoms. The predicted molar refractivity (Wildman–Crippen MR) is 83.0 cm³/mol. The minimum Gasteiger partial charge on any atom is -0.466 e. The van der Waals surface area contributed by atoms with E-state index in [1.54, 1.807) is 6.92 Å². The van der Waals surface area contributed by atoms with Crippen LogP contribution in [0, 0.1) is 0 Å². The normalized spacial score (nSPS) is 12.9. The molecule has 1 fully saturated rings. The van der Waals surface area contributed by atoms with Gasteiger partial charge in [-0.15, -0.1) is 0 Å². The van der Waals surface area contributed by atoms with Crippen LogP contribution in [-0.4, -0.2) is 40.6 Å². The van der Waals surface area contributed by atoms with Gasteiger partial charge in [-0.05, 0) is 31.3 Å². The Morgan fingerprint density at radius 3 is 1.67 bits per heavy atom. The van der Waals surface area contributed by atoms with Crippen LogP contribution in [0.1, 0.15) is 33.1 Å². The maximum absolute atomic E-state index is 9.82. The van der Waals surface area contributed by atoms with Crippen LogP contribution in [-0.2, 0) is 9.53 Å². The molecule has 0 amide bonds. The molecule has 0 spiro atoms. The molecule has 1 rings (SSSR count). The predicted octanol–water partition coefficient (Wildman–Crippen LogP) is 4.07. The molecule has 1 saturated heterocycles. The van der Waals surface area contributed by atoms with Crippen molar-refractivity contribution in [2.24, 2.45) is 0 Å². The standard InChI is InChI=1S/C5H10S.C4H8O2.CHCl3.CH4O/c1-2-4-6-5-3-1;1-3-6-4(2)5;2-1(3)4;1-2/h1-5H2;3H2,1-2H3;1H;2H,1H3. The molecule has 0 aliphatic carbocycles. The van der Waals surface area contributed by atoms with Crippen molar-refractivity contribution >= 4 is 52.5 Å². The van der Waals surface area contributed by atoms with E-state index in [1.165, 1.54) is 37.7 Å². The average Bonchev–Trinajstić information content (AvgIpc) is 2.34. The van der Waals surface area contributed by atoms with E-state index in [2.05, 4.69) is 16.5 Å². The van der Waals surface area contributed by atoms with E-state index in [9.17, 15) is 4.79 Å². The summed E-state index contributed by atoms with van der Waals surface area (Å²) in [6, 6.07) is 0. The number of esters is 1. The van der Waals surface area contributed by atoms with Crippen LogP contribution in [0.25, 0.3) is 0 Å². The second-order valence-electron chi connectivity index (χ2n) is 2.85. The van der Waals surface area contributed by atoms with E-state index in [-0.39, 0.29) is 5.97 Å². The van der Waals surface area contributed by atoms with Crippen molar-refractivity contribution in [3.8, 4) is 0 Å². The van der Waals surface area contributed by atoms with Gasteiger partial charge in [0.15, 0.2) is 4.30 Å². The Morgan fingerprint density at radius 2 is 1.61 bits per heavy atom. The Labute approximate surface area is 130 Å². The summed E-state index contributed by atoms with van der Waals surface area (Å²) in [5, 5.41) is 7.00. The van der Waals surface area contributed by atoms with Crippen LogP contribution in [0.5, 0.6) is 0 Å².